The van der Waals surface area contributed by atoms with E-state index in [1.54, 1.807) is 6.20 Å². The molecule has 0 unspecified atom stereocenters. The molecule has 0 saturated carbocycles. The highest BCUT2D eigenvalue weighted by atomic mass is 35.5. The lowest BCUT2D eigenvalue weighted by molar-refractivity contribution is 0.147. The summed E-state index contributed by atoms with van der Waals surface area (Å²) in [6, 6.07) is 3.90. The van der Waals surface area contributed by atoms with E-state index in [1.165, 1.54) is 0 Å². The molecule has 2 rings (SSSR count). The molecule has 2 heterocycles. The third-order valence-corrected chi connectivity index (χ3v) is 2.99. The van der Waals surface area contributed by atoms with Crippen molar-refractivity contribution in [2.45, 2.75) is 6.54 Å². The second-order valence-electron chi connectivity index (χ2n) is 4.05. The lowest BCUT2D eigenvalue weighted by Gasteiger charge is -2.32. The molecule has 0 aliphatic carbocycles. The molecule has 1 aromatic heterocycles. The first-order valence-electron chi connectivity index (χ1n) is 5.25. The molecule has 82 valence electrons. The Hall–Kier alpha value is -0.640. The Kier molecular flexibility index (Phi) is 3.57. The van der Waals surface area contributed by atoms with Crippen molar-refractivity contribution in [2.24, 2.45) is 0 Å². The lowest BCUT2D eigenvalue weighted by Crippen LogP contribution is -2.43. The third-order valence-electron chi connectivity index (χ3n) is 2.77. The van der Waals surface area contributed by atoms with E-state index in [4.69, 9.17) is 11.6 Å². The van der Waals surface area contributed by atoms with Crippen LogP contribution in [0.25, 0.3) is 0 Å². The molecule has 0 amide bonds. The Morgan fingerprint density at radius 1 is 1.27 bits per heavy atom. The molecule has 0 N–H and O–H groups in total. The summed E-state index contributed by atoms with van der Waals surface area (Å²) < 4.78 is 0. The van der Waals surface area contributed by atoms with Crippen molar-refractivity contribution in [2.75, 3.05) is 33.2 Å². The zero-order valence-corrected chi connectivity index (χ0v) is 9.74. The highest BCUT2D eigenvalue weighted by Crippen LogP contribution is 2.09. The molecule has 1 aromatic rings. The minimum atomic E-state index is 0.706. The van der Waals surface area contributed by atoms with Crippen molar-refractivity contribution in [3.05, 3.63) is 29.0 Å². The van der Waals surface area contributed by atoms with Crippen molar-refractivity contribution < 1.29 is 0 Å². The van der Waals surface area contributed by atoms with Gasteiger partial charge >= 0.3 is 0 Å². The molecule has 4 heteroatoms. The van der Waals surface area contributed by atoms with Crippen LogP contribution in [0.4, 0.5) is 0 Å². The van der Waals surface area contributed by atoms with Crippen molar-refractivity contribution in [1.29, 1.82) is 0 Å². The molecule has 1 aliphatic heterocycles. The van der Waals surface area contributed by atoms with Crippen molar-refractivity contribution in [3.8, 4) is 0 Å². The zero-order valence-electron chi connectivity index (χ0n) is 8.99. The maximum absolute atomic E-state index is 5.79. The minimum absolute atomic E-state index is 0.706. The summed E-state index contributed by atoms with van der Waals surface area (Å²) >= 11 is 5.79. The first-order chi connectivity index (χ1) is 7.24. The summed E-state index contributed by atoms with van der Waals surface area (Å²) in [5.41, 5.74) is 1.10. The summed E-state index contributed by atoms with van der Waals surface area (Å²) in [4.78, 5) is 9.08. The van der Waals surface area contributed by atoms with E-state index in [2.05, 4.69) is 21.8 Å². The number of rotatable bonds is 2. The van der Waals surface area contributed by atoms with Crippen LogP contribution in [0.2, 0.25) is 5.02 Å². The summed E-state index contributed by atoms with van der Waals surface area (Å²) in [6.07, 6.45) is 1.72. The van der Waals surface area contributed by atoms with Crippen LogP contribution in [0, 0.1) is 0 Å². The topological polar surface area (TPSA) is 19.4 Å². The van der Waals surface area contributed by atoms with Gasteiger partial charge in [-0.15, -0.1) is 0 Å². The van der Waals surface area contributed by atoms with Crippen molar-refractivity contribution >= 4 is 11.6 Å². The van der Waals surface area contributed by atoms with Gasteiger partial charge in [-0.3, -0.25) is 9.88 Å². The quantitative estimate of drug-likeness (QED) is 0.760. The van der Waals surface area contributed by atoms with E-state index < -0.39 is 0 Å². The van der Waals surface area contributed by atoms with Crippen molar-refractivity contribution in [3.63, 3.8) is 0 Å². The molecule has 3 nitrogen and oxygen atoms in total. The van der Waals surface area contributed by atoms with Gasteiger partial charge in [0.15, 0.2) is 0 Å². The largest absolute Gasteiger partial charge is 0.304 e. The summed E-state index contributed by atoms with van der Waals surface area (Å²) in [5.74, 6) is 0. The Morgan fingerprint density at radius 3 is 2.60 bits per heavy atom. The molecular formula is C11H16ClN3. The van der Waals surface area contributed by atoms with Gasteiger partial charge in [-0.2, -0.15) is 0 Å². The Labute approximate surface area is 95.7 Å². The van der Waals surface area contributed by atoms with Gasteiger partial charge in [0.05, 0.1) is 10.7 Å². The molecular weight excluding hydrogens is 210 g/mol. The van der Waals surface area contributed by atoms with Crippen LogP contribution >= 0.6 is 11.6 Å². The number of likely N-dealkylation sites (N-methyl/N-ethyl adjacent to an activating group) is 1. The van der Waals surface area contributed by atoms with E-state index in [1.807, 2.05) is 12.1 Å². The fraction of sp³-hybridized carbons (Fsp3) is 0.545. The van der Waals surface area contributed by atoms with Crippen LogP contribution in [0.5, 0.6) is 0 Å². The zero-order chi connectivity index (χ0) is 10.7. The molecule has 0 atom stereocenters. The second kappa shape index (κ2) is 4.92. The van der Waals surface area contributed by atoms with E-state index >= 15 is 0 Å². The maximum Gasteiger partial charge on any atom is 0.0589 e. The van der Waals surface area contributed by atoms with Crippen molar-refractivity contribution in [1.82, 2.24) is 14.8 Å². The Balaban J connectivity index is 1.89. The van der Waals surface area contributed by atoms with Gasteiger partial charge in [-0.25, -0.2) is 0 Å². The SMILES string of the molecule is CN1CCN(Cc2ccc(Cl)cn2)CC1. The average molecular weight is 226 g/mol. The van der Waals surface area contributed by atoms with Gasteiger partial charge in [0.2, 0.25) is 0 Å². The number of hydrogen-bond acceptors (Lipinski definition) is 3. The van der Waals surface area contributed by atoms with Gasteiger partial charge in [0.25, 0.3) is 0 Å². The molecule has 0 radical (unpaired) electrons. The third kappa shape index (κ3) is 3.16. The molecule has 1 fully saturated rings. The first kappa shape index (κ1) is 10.9. The van der Waals surface area contributed by atoms with E-state index in [9.17, 15) is 0 Å². The number of aromatic nitrogens is 1. The van der Waals surface area contributed by atoms with Crippen LogP contribution in [-0.2, 0) is 6.54 Å². The van der Waals surface area contributed by atoms with Crippen LogP contribution in [0.3, 0.4) is 0 Å². The fourth-order valence-corrected chi connectivity index (χ4v) is 1.85. The molecule has 0 spiro atoms. The first-order valence-corrected chi connectivity index (χ1v) is 5.63. The minimum Gasteiger partial charge on any atom is -0.304 e. The molecule has 1 aliphatic rings. The Bertz CT molecular complexity index is 304. The highest BCUT2D eigenvalue weighted by Gasteiger charge is 2.13. The number of nitrogens with zero attached hydrogens (tertiary/aromatic N) is 3. The highest BCUT2D eigenvalue weighted by molar-refractivity contribution is 6.30. The van der Waals surface area contributed by atoms with Crippen LogP contribution in [0.1, 0.15) is 5.69 Å². The van der Waals surface area contributed by atoms with Gasteiger partial charge in [0.1, 0.15) is 0 Å². The van der Waals surface area contributed by atoms with E-state index in [-0.39, 0.29) is 0 Å². The molecule has 0 bridgehead atoms. The number of piperazine rings is 1. The second-order valence-corrected chi connectivity index (χ2v) is 4.48. The summed E-state index contributed by atoms with van der Waals surface area (Å²) in [7, 11) is 2.16. The maximum atomic E-state index is 5.79. The smallest absolute Gasteiger partial charge is 0.0589 e. The predicted molar refractivity (Wildman–Crippen MR) is 62.0 cm³/mol. The Morgan fingerprint density at radius 2 is 2.00 bits per heavy atom. The standard InChI is InChI=1S/C11H16ClN3/c1-14-4-6-15(7-5-14)9-11-3-2-10(12)8-13-11/h2-3,8H,4-7,9H2,1H3. The monoisotopic (exact) mass is 225 g/mol. The average Bonchev–Trinajstić information content (AvgIpc) is 2.25. The van der Waals surface area contributed by atoms with Gasteiger partial charge in [-0.05, 0) is 19.2 Å². The predicted octanol–water partition coefficient (Wildman–Crippen LogP) is 1.48. The molecule has 1 saturated heterocycles. The van der Waals surface area contributed by atoms with Crippen LogP contribution in [0.15, 0.2) is 18.3 Å². The molecule has 0 aromatic carbocycles. The lowest BCUT2D eigenvalue weighted by atomic mass is 10.3. The van der Waals surface area contributed by atoms with Crippen LogP contribution < -0.4 is 0 Å². The van der Waals surface area contributed by atoms with E-state index in [0.717, 1.165) is 38.4 Å². The summed E-state index contributed by atoms with van der Waals surface area (Å²) in [6.45, 7) is 5.48. The number of hydrogen-bond donors (Lipinski definition) is 0. The van der Waals surface area contributed by atoms with Gasteiger partial charge in [-0.1, -0.05) is 11.6 Å². The fourth-order valence-electron chi connectivity index (χ4n) is 1.74. The van der Waals surface area contributed by atoms with Crippen LogP contribution in [-0.4, -0.2) is 48.0 Å². The number of halogens is 1. The summed E-state index contributed by atoms with van der Waals surface area (Å²) in [5, 5.41) is 0.706. The number of pyridine rings is 1. The van der Waals surface area contributed by atoms with Gasteiger partial charge < -0.3 is 4.90 Å². The molecule has 15 heavy (non-hydrogen) atoms. The van der Waals surface area contributed by atoms with E-state index in [0.29, 0.717) is 5.02 Å². The normalized spacial score (nSPS) is 19.3. The van der Waals surface area contributed by atoms with Gasteiger partial charge in [0, 0.05) is 38.9 Å².